The molecule has 0 saturated carbocycles. The van der Waals surface area contributed by atoms with Crippen LogP contribution in [0.25, 0.3) is 0 Å². The Kier molecular flexibility index (Phi) is 3.76. The Hall–Kier alpha value is -0.400. The van der Waals surface area contributed by atoms with Gasteiger partial charge in [-0.05, 0) is 34.7 Å². The first-order valence-corrected chi connectivity index (χ1v) is 6.47. The van der Waals surface area contributed by atoms with Crippen LogP contribution in [0.15, 0.2) is 24.5 Å². The summed E-state index contributed by atoms with van der Waals surface area (Å²) in [5, 5.41) is 3.24. The van der Waals surface area contributed by atoms with E-state index in [1.54, 1.807) is 12.4 Å². The van der Waals surface area contributed by atoms with Gasteiger partial charge in [0.1, 0.15) is 5.82 Å². The summed E-state index contributed by atoms with van der Waals surface area (Å²) in [5.74, 6) is 0.891. The molecule has 0 aliphatic rings. The Balaban J connectivity index is 2.02. The summed E-state index contributed by atoms with van der Waals surface area (Å²) in [6.07, 6.45) is 3.54. The maximum Gasteiger partial charge on any atom is 0.183 e. The summed E-state index contributed by atoms with van der Waals surface area (Å²) in [4.78, 5) is 9.30. The zero-order valence-electron chi connectivity index (χ0n) is 7.58. The normalized spacial score (nSPS) is 10.3. The molecule has 1 N–H and O–H groups in total. The van der Waals surface area contributed by atoms with Gasteiger partial charge in [-0.15, -0.1) is 11.3 Å². The van der Waals surface area contributed by atoms with Gasteiger partial charge in [0.15, 0.2) is 4.47 Å². The van der Waals surface area contributed by atoms with Crippen molar-refractivity contribution in [1.82, 2.24) is 9.97 Å². The summed E-state index contributed by atoms with van der Waals surface area (Å²) in [5.41, 5.74) is 0. The van der Waals surface area contributed by atoms with Gasteiger partial charge < -0.3 is 5.32 Å². The molecule has 3 nitrogen and oxygen atoms in total. The lowest BCUT2D eigenvalue weighted by atomic mass is 10.4. The minimum atomic E-state index is 0.572. The first-order chi connectivity index (χ1) is 7.25. The maximum absolute atomic E-state index is 5.74. The number of rotatable bonds is 3. The van der Waals surface area contributed by atoms with Crippen molar-refractivity contribution in [3.8, 4) is 0 Å². The molecule has 0 atom stereocenters. The van der Waals surface area contributed by atoms with Gasteiger partial charge in [-0.1, -0.05) is 11.6 Å². The highest BCUT2D eigenvalue weighted by molar-refractivity contribution is 14.1. The molecule has 15 heavy (non-hydrogen) atoms. The van der Waals surface area contributed by atoms with Gasteiger partial charge in [0.2, 0.25) is 0 Å². The first kappa shape index (κ1) is 11.1. The molecule has 0 radical (unpaired) electrons. The van der Waals surface area contributed by atoms with E-state index in [2.05, 4.69) is 37.9 Å². The van der Waals surface area contributed by atoms with Crippen LogP contribution in [0.2, 0.25) is 4.47 Å². The molecule has 2 aromatic heterocycles. The standard InChI is InChI=1S/C9H7ClIN3S/c10-9-14-5-6(15-9)4-13-8-7(11)2-1-3-12-8/h1-3,5H,4H2,(H,12,13). The topological polar surface area (TPSA) is 37.8 Å². The molecule has 2 rings (SSSR count). The van der Waals surface area contributed by atoms with E-state index in [9.17, 15) is 0 Å². The lowest BCUT2D eigenvalue weighted by Gasteiger charge is -2.04. The molecule has 0 aromatic carbocycles. The summed E-state index contributed by atoms with van der Waals surface area (Å²) in [6.45, 7) is 0.706. The fourth-order valence-corrected chi connectivity index (χ4v) is 2.51. The van der Waals surface area contributed by atoms with Crippen LogP contribution in [0.4, 0.5) is 5.82 Å². The molecule has 0 unspecified atom stereocenters. The van der Waals surface area contributed by atoms with E-state index in [1.165, 1.54) is 11.3 Å². The van der Waals surface area contributed by atoms with E-state index < -0.39 is 0 Å². The third kappa shape index (κ3) is 3.02. The van der Waals surface area contributed by atoms with E-state index in [4.69, 9.17) is 11.6 Å². The van der Waals surface area contributed by atoms with E-state index in [0.717, 1.165) is 14.3 Å². The lowest BCUT2D eigenvalue weighted by molar-refractivity contribution is 1.12. The van der Waals surface area contributed by atoms with Gasteiger partial charge in [0.25, 0.3) is 0 Å². The van der Waals surface area contributed by atoms with Crippen molar-refractivity contribution < 1.29 is 0 Å². The largest absolute Gasteiger partial charge is 0.364 e. The Morgan fingerprint density at radius 1 is 1.47 bits per heavy atom. The third-order valence-electron chi connectivity index (χ3n) is 1.71. The van der Waals surface area contributed by atoms with Crippen molar-refractivity contribution in [2.75, 3.05) is 5.32 Å². The minimum absolute atomic E-state index is 0.572. The summed E-state index contributed by atoms with van der Waals surface area (Å²) >= 11 is 9.46. The zero-order chi connectivity index (χ0) is 10.7. The Labute approximate surface area is 110 Å². The number of anilines is 1. The quantitative estimate of drug-likeness (QED) is 0.861. The van der Waals surface area contributed by atoms with E-state index in [1.807, 2.05) is 12.1 Å². The number of halogens is 2. The van der Waals surface area contributed by atoms with Gasteiger partial charge in [-0.2, -0.15) is 0 Å². The third-order valence-corrected chi connectivity index (χ3v) is 3.70. The molecule has 0 aliphatic heterocycles. The van der Waals surface area contributed by atoms with Crippen LogP contribution >= 0.6 is 45.5 Å². The number of hydrogen-bond donors (Lipinski definition) is 1. The Bertz CT molecular complexity index is 460. The van der Waals surface area contributed by atoms with Gasteiger partial charge in [0.05, 0.1) is 10.1 Å². The Morgan fingerprint density at radius 3 is 3.00 bits per heavy atom. The molecule has 0 fully saturated rings. The number of nitrogens with one attached hydrogen (secondary N) is 1. The van der Waals surface area contributed by atoms with Crippen molar-refractivity contribution in [2.45, 2.75) is 6.54 Å². The highest BCUT2D eigenvalue weighted by Crippen LogP contribution is 2.20. The Morgan fingerprint density at radius 2 is 2.33 bits per heavy atom. The minimum Gasteiger partial charge on any atom is -0.364 e. The second-order valence-corrected chi connectivity index (χ2v) is 5.63. The highest BCUT2D eigenvalue weighted by atomic mass is 127. The van der Waals surface area contributed by atoms with Crippen LogP contribution in [0, 0.1) is 3.57 Å². The monoisotopic (exact) mass is 351 g/mol. The molecule has 6 heteroatoms. The molecule has 0 amide bonds. The molecule has 78 valence electrons. The lowest BCUT2D eigenvalue weighted by Crippen LogP contribution is -2.01. The van der Waals surface area contributed by atoms with Crippen LogP contribution in [0.3, 0.4) is 0 Å². The maximum atomic E-state index is 5.74. The second-order valence-electron chi connectivity index (χ2n) is 2.77. The summed E-state index contributed by atoms with van der Waals surface area (Å²) in [6, 6.07) is 3.92. The van der Waals surface area contributed by atoms with Crippen molar-refractivity contribution >= 4 is 51.3 Å². The fraction of sp³-hybridized carbons (Fsp3) is 0.111. The van der Waals surface area contributed by atoms with E-state index in [0.29, 0.717) is 11.0 Å². The van der Waals surface area contributed by atoms with Crippen molar-refractivity contribution in [2.24, 2.45) is 0 Å². The average Bonchev–Trinajstić information content (AvgIpc) is 2.63. The van der Waals surface area contributed by atoms with Gasteiger partial charge in [0, 0.05) is 17.3 Å². The van der Waals surface area contributed by atoms with Gasteiger partial charge >= 0.3 is 0 Å². The fourth-order valence-electron chi connectivity index (χ4n) is 1.05. The number of nitrogens with zero attached hydrogens (tertiary/aromatic N) is 2. The van der Waals surface area contributed by atoms with E-state index in [-0.39, 0.29) is 0 Å². The van der Waals surface area contributed by atoms with Crippen LogP contribution < -0.4 is 5.32 Å². The molecular formula is C9H7ClIN3S. The molecule has 0 saturated heterocycles. The SMILES string of the molecule is Clc1ncc(CNc2ncccc2I)s1. The number of hydrogen-bond acceptors (Lipinski definition) is 4. The van der Waals surface area contributed by atoms with E-state index >= 15 is 0 Å². The van der Waals surface area contributed by atoms with Crippen molar-refractivity contribution in [3.63, 3.8) is 0 Å². The summed E-state index contributed by atoms with van der Waals surface area (Å²) < 4.78 is 1.67. The van der Waals surface area contributed by atoms with Gasteiger partial charge in [-0.3, -0.25) is 0 Å². The predicted octanol–water partition coefficient (Wildman–Crippen LogP) is 3.41. The number of thiazole rings is 1. The van der Waals surface area contributed by atoms with Gasteiger partial charge in [-0.25, -0.2) is 9.97 Å². The van der Waals surface area contributed by atoms with Crippen LogP contribution in [0.1, 0.15) is 4.88 Å². The van der Waals surface area contributed by atoms with Crippen LogP contribution in [0.5, 0.6) is 0 Å². The molecule has 2 aromatic rings. The second kappa shape index (κ2) is 5.09. The number of pyridine rings is 1. The summed E-state index contributed by atoms with van der Waals surface area (Å²) in [7, 11) is 0. The molecule has 2 heterocycles. The van der Waals surface area contributed by atoms with Crippen molar-refractivity contribution in [1.29, 1.82) is 0 Å². The molecule has 0 spiro atoms. The molecule has 0 aliphatic carbocycles. The predicted molar refractivity (Wildman–Crippen MR) is 71.4 cm³/mol. The smallest absolute Gasteiger partial charge is 0.183 e. The van der Waals surface area contributed by atoms with Crippen molar-refractivity contribution in [3.05, 3.63) is 37.4 Å². The van der Waals surface area contributed by atoms with Crippen LogP contribution in [-0.4, -0.2) is 9.97 Å². The van der Waals surface area contributed by atoms with Crippen LogP contribution in [-0.2, 0) is 6.54 Å². The molecule has 0 bridgehead atoms. The molecular weight excluding hydrogens is 345 g/mol. The average molecular weight is 352 g/mol. The zero-order valence-corrected chi connectivity index (χ0v) is 11.3. The number of aromatic nitrogens is 2. The first-order valence-electron chi connectivity index (χ1n) is 4.20. The highest BCUT2D eigenvalue weighted by Gasteiger charge is 2.02.